The molecule has 158 valence electrons. The number of nitrogens with one attached hydrogen (secondary N) is 3. The molecular formula is C19H25N9OS. The quantitative estimate of drug-likeness (QED) is 0.338. The third-order valence-corrected chi connectivity index (χ3v) is 5.53. The van der Waals surface area contributed by atoms with Crippen LogP contribution in [0.15, 0.2) is 35.4 Å². The number of H-pyrrole nitrogens is 1. The molecule has 0 amide bonds. The summed E-state index contributed by atoms with van der Waals surface area (Å²) in [5, 5.41) is 23.6. The van der Waals surface area contributed by atoms with Crippen LogP contribution in [0.25, 0.3) is 21.3 Å². The molecule has 0 aliphatic carbocycles. The standard InChI is InChI=1S/C17H18N8OS.C2H7N/c1-9(6-18)12(19)8-25-17(26)14-11(7-21-25)15-16(24(14)2)22-13(27-15)5-10-3-4-20-23-10;1-3-2/h3-4,7,19H,1,5-6,8,18H2,2H3,(H,20,23);3H,1-2H3. The molecule has 30 heavy (non-hydrogen) atoms. The van der Waals surface area contributed by atoms with E-state index in [2.05, 4.69) is 32.2 Å². The van der Waals surface area contributed by atoms with Gasteiger partial charge in [0.05, 0.1) is 23.2 Å². The number of aromatic nitrogens is 6. The Morgan fingerprint density at radius 2 is 2.17 bits per heavy atom. The van der Waals surface area contributed by atoms with Crippen LogP contribution in [0.1, 0.15) is 10.7 Å². The summed E-state index contributed by atoms with van der Waals surface area (Å²) in [6, 6.07) is 1.91. The fourth-order valence-corrected chi connectivity index (χ4v) is 4.08. The normalized spacial score (nSPS) is 10.9. The van der Waals surface area contributed by atoms with Crippen molar-refractivity contribution in [1.29, 1.82) is 5.41 Å². The van der Waals surface area contributed by atoms with E-state index < -0.39 is 0 Å². The van der Waals surface area contributed by atoms with Crippen molar-refractivity contribution in [3.05, 3.63) is 51.7 Å². The molecule has 4 rings (SSSR count). The number of thiazole rings is 1. The Balaban J connectivity index is 0.000000806. The zero-order chi connectivity index (χ0) is 21.8. The number of hydrogen-bond acceptors (Lipinski definition) is 8. The largest absolute Gasteiger partial charge is 0.326 e. The first kappa shape index (κ1) is 21.6. The number of hydrogen-bond donors (Lipinski definition) is 4. The Morgan fingerprint density at radius 1 is 1.43 bits per heavy atom. The van der Waals surface area contributed by atoms with Gasteiger partial charge in [0.25, 0.3) is 5.56 Å². The summed E-state index contributed by atoms with van der Waals surface area (Å²) in [5.41, 5.74) is 8.20. The smallest absolute Gasteiger partial charge is 0.291 e. The average Bonchev–Trinajstić information content (AvgIpc) is 3.43. The zero-order valence-electron chi connectivity index (χ0n) is 17.2. The van der Waals surface area contributed by atoms with Gasteiger partial charge >= 0.3 is 0 Å². The van der Waals surface area contributed by atoms with E-state index in [1.165, 1.54) is 4.68 Å². The van der Waals surface area contributed by atoms with Crippen LogP contribution in [-0.2, 0) is 20.0 Å². The first-order chi connectivity index (χ1) is 14.4. The molecule has 0 aromatic carbocycles. The van der Waals surface area contributed by atoms with E-state index in [1.54, 1.807) is 28.3 Å². The van der Waals surface area contributed by atoms with Gasteiger partial charge in [0.2, 0.25) is 0 Å². The average molecular weight is 428 g/mol. The molecule has 0 radical (unpaired) electrons. The minimum atomic E-state index is -0.259. The lowest BCUT2D eigenvalue weighted by Crippen LogP contribution is -2.28. The van der Waals surface area contributed by atoms with Crippen molar-refractivity contribution in [3.63, 3.8) is 0 Å². The maximum absolute atomic E-state index is 12.9. The van der Waals surface area contributed by atoms with Gasteiger partial charge in [0.1, 0.15) is 10.5 Å². The molecule has 0 bridgehead atoms. The van der Waals surface area contributed by atoms with Crippen LogP contribution in [0.3, 0.4) is 0 Å². The van der Waals surface area contributed by atoms with Crippen molar-refractivity contribution in [2.24, 2.45) is 12.8 Å². The summed E-state index contributed by atoms with van der Waals surface area (Å²) in [5.74, 6) is 0. The first-order valence-electron chi connectivity index (χ1n) is 9.27. The van der Waals surface area contributed by atoms with Crippen molar-refractivity contribution in [1.82, 2.24) is 34.8 Å². The van der Waals surface area contributed by atoms with E-state index in [9.17, 15) is 4.79 Å². The predicted octanol–water partition coefficient (Wildman–Crippen LogP) is 1.03. The van der Waals surface area contributed by atoms with Crippen molar-refractivity contribution in [3.8, 4) is 0 Å². The maximum atomic E-state index is 12.9. The van der Waals surface area contributed by atoms with Gasteiger partial charge in [-0.3, -0.25) is 9.89 Å². The van der Waals surface area contributed by atoms with Crippen molar-refractivity contribution in [2.75, 3.05) is 20.6 Å². The lowest BCUT2D eigenvalue weighted by molar-refractivity contribution is 0.673. The summed E-state index contributed by atoms with van der Waals surface area (Å²) >= 11 is 1.54. The maximum Gasteiger partial charge on any atom is 0.291 e. The molecular weight excluding hydrogens is 402 g/mol. The molecule has 0 fully saturated rings. The summed E-state index contributed by atoms with van der Waals surface area (Å²) in [7, 11) is 5.57. The lowest BCUT2D eigenvalue weighted by atomic mass is 10.2. The van der Waals surface area contributed by atoms with Crippen LogP contribution in [0.4, 0.5) is 0 Å². The van der Waals surface area contributed by atoms with E-state index in [0.29, 0.717) is 17.5 Å². The number of aromatic amines is 1. The van der Waals surface area contributed by atoms with Gasteiger partial charge in [0.15, 0.2) is 5.65 Å². The molecule has 0 unspecified atom stereocenters. The Hall–Kier alpha value is -3.15. The molecule has 0 aliphatic rings. The van der Waals surface area contributed by atoms with Crippen LogP contribution >= 0.6 is 11.3 Å². The summed E-state index contributed by atoms with van der Waals surface area (Å²) < 4.78 is 3.99. The third kappa shape index (κ3) is 4.08. The Morgan fingerprint density at radius 3 is 2.80 bits per heavy atom. The van der Waals surface area contributed by atoms with Crippen molar-refractivity contribution < 1.29 is 0 Å². The lowest BCUT2D eigenvalue weighted by Gasteiger charge is -2.08. The second-order valence-corrected chi connectivity index (χ2v) is 7.82. The first-order valence-corrected chi connectivity index (χ1v) is 10.1. The molecule has 0 atom stereocenters. The highest BCUT2D eigenvalue weighted by Crippen LogP contribution is 2.31. The number of nitrogens with two attached hydrogens (primary N) is 1. The van der Waals surface area contributed by atoms with Gasteiger partial charge < -0.3 is 21.0 Å². The number of fused-ring (bicyclic) bond motifs is 3. The summed E-state index contributed by atoms with van der Waals surface area (Å²) in [6.07, 6.45) is 4.03. The number of aryl methyl sites for hydroxylation is 1. The van der Waals surface area contributed by atoms with E-state index in [1.807, 2.05) is 27.2 Å². The van der Waals surface area contributed by atoms with E-state index in [4.69, 9.17) is 11.1 Å². The number of rotatable bonds is 6. The number of nitrogens with zero attached hydrogens (tertiary/aromatic N) is 5. The highest BCUT2D eigenvalue weighted by atomic mass is 32.1. The van der Waals surface area contributed by atoms with Crippen LogP contribution < -0.4 is 16.6 Å². The molecule has 0 saturated heterocycles. The van der Waals surface area contributed by atoms with Crippen LogP contribution in [-0.4, -0.2) is 55.9 Å². The molecule has 4 aromatic heterocycles. The highest BCUT2D eigenvalue weighted by molar-refractivity contribution is 7.19. The van der Waals surface area contributed by atoms with Gasteiger partial charge in [-0.25, -0.2) is 9.67 Å². The summed E-state index contributed by atoms with van der Waals surface area (Å²) in [4.78, 5) is 17.6. The third-order valence-electron chi connectivity index (χ3n) is 4.45. The molecule has 4 aromatic rings. The molecule has 0 saturated carbocycles. The SMILES string of the molecule is C=C(CN)C(=N)Cn1ncc2c3sc(Cc4ccn[nH]4)nc3n(C)c2c1=O.CNC. The van der Waals surface area contributed by atoms with E-state index in [0.717, 1.165) is 26.4 Å². The van der Waals surface area contributed by atoms with Crippen LogP contribution in [0.5, 0.6) is 0 Å². The van der Waals surface area contributed by atoms with E-state index in [-0.39, 0.29) is 24.4 Å². The second-order valence-electron chi connectivity index (χ2n) is 6.73. The van der Waals surface area contributed by atoms with Crippen LogP contribution in [0.2, 0.25) is 0 Å². The molecule has 4 heterocycles. The molecule has 10 nitrogen and oxygen atoms in total. The monoisotopic (exact) mass is 427 g/mol. The minimum Gasteiger partial charge on any atom is -0.326 e. The fourth-order valence-electron chi connectivity index (χ4n) is 2.95. The zero-order valence-corrected chi connectivity index (χ0v) is 18.0. The fraction of sp³-hybridized carbons (Fsp3) is 0.316. The Bertz CT molecular complexity index is 1250. The minimum absolute atomic E-state index is 0.0438. The van der Waals surface area contributed by atoms with Crippen molar-refractivity contribution in [2.45, 2.75) is 13.0 Å². The van der Waals surface area contributed by atoms with Gasteiger partial charge in [0, 0.05) is 37.3 Å². The van der Waals surface area contributed by atoms with Crippen molar-refractivity contribution >= 4 is 38.3 Å². The summed E-state index contributed by atoms with van der Waals surface area (Å²) in [6.45, 7) is 3.96. The Kier molecular flexibility index (Phi) is 6.55. The molecule has 0 aliphatic heterocycles. The van der Waals surface area contributed by atoms with Gasteiger partial charge in [-0.15, -0.1) is 11.3 Å². The molecule has 11 heteroatoms. The highest BCUT2D eigenvalue weighted by Gasteiger charge is 2.19. The predicted molar refractivity (Wildman–Crippen MR) is 120 cm³/mol. The topological polar surface area (TPSA) is 143 Å². The Labute approximate surface area is 176 Å². The van der Waals surface area contributed by atoms with Crippen LogP contribution in [0, 0.1) is 5.41 Å². The van der Waals surface area contributed by atoms with Gasteiger partial charge in [-0.2, -0.15) is 10.2 Å². The second kappa shape index (κ2) is 9.11. The van der Waals surface area contributed by atoms with Gasteiger partial charge in [-0.1, -0.05) is 6.58 Å². The van der Waals surface area contributed by atoms with E-state index >= 15 is 0 Å². The molecule has 0 spiro atoms. The van der Waals surface area contributed by atoms with Gasteiger partial charge in [-0.05, 0) is 25.7 Å². The molecule has 5 N–H and O–H groups in total.